The van der Waals surface area contributed by atoms with Gasteiger partial charge in [0.05, 0.1) is 17.0 Å². The molecule has 2 aromatic rings. The van der Waals surface area contributed by atoms with Crippen LogP contribution >= 0.6 is 11.6 Å². The second kappa shape index (κ2) is 10.4. The predicted molar refractivity (Wildman–Crippen MR) is 142 cm³/mol. The summed E-state index contributed by atoms with van der Waals surface area (Å²) in [6.45, 7) is 8.92. The third-order valence-electron chi connectivity index (χ3n) is 6.98. The van der Waals surface area contributed by atoms with Gasteiger partial charge in [0.15, 0.2) is 0 Å². The van der Waals surface area contributed by atoms with Crippen LogP contribution in [0.25, 0.3) is 0 Å². The Morgan fingerprint density at radius 2 is 1.97 bits per heavy atom. The normalized spacial score (nSPS) is 22.2. The summed E-state index contributed by atoms with van der Waals surface area (Å²) in [5.74, 6) is -0.435. The zero-order valence-corrected chi connectivity index (χ0v) is 21.7. The fourth-order valence-electron chi connectivity index (χ4n) is 5.12. The number of hydrogen-bond acceptors (Lipinski definition) is 3. The number of nitrogens with one attached hydrogen (secondary N) is 1. The number of carbonyl (C=O) groups is 2. The number of aromatic nitrogens is 1. The number of allylic oxidation sites excluding steroid dienone is 3. The van der Waals surface area contributed by atoms with E-state index in [1.807, 2.05) is 42.2 Å². The Morgan fingerprint density at radius 1 is 1.17 bits per heavy atom. The van der Waals surface area contributed by atoms with E-state index in [1.165, 1.54) is 6.20 Å². The Balaban J connectivity index is 1.64. The summed E-state index contributed by atoms with van der Waals surface area (Å²) >= 11 is 6.08. The molecule has 1 aromatic carbocycles. The first-order valence-electron chi connectivity index (χ1n) is 12.3. The first-order valence-corrected chi connectivity index (χ1v) is 12.7. The molecule has 2 amide bonds. The highest BCUT2D eigenvalue weighted by Crippen LogP contribution is 2.35. The van der Waals surface area contributed by atoms with Crippen LogP contribution in [0.15, 0.2) is 60.8 Å². The lowest BCUT2D eigenvalue weighted by atomic mass is 9.77. The number of nitrogens with zero attached hydrogens (tertiary/aromatic N) is 2. The Bertz CT molecular complexity index is 1160. The van der Waals surface area contributed by atoms with Crippen molar-refractivity contribution >= 4 is 29.1 Å². The first kappa shape index (κ1) is 25.2. The molecule has 1 saturated heterocycles. The number of amides is 2. The molecule has 4 rings (SSSR count). The molecular formula is C29H34ClN3O2. The van der Waals surface area contributed by atoms with Gasteiger partial charge in [0, 0.05) is 24.3 Å². The molecule has 1 fully saturated rings. The summed E-state index contributed by atoms with van der Waals surface area (Å²) in [5.41, 5.74) is 3.08. The number of likely N-dealkylation sites (tertiary alicyclic amines) is 1. The van der Waals surface area contributed by atoms with E-state index in [0.717, 1.165) is 36.1 Å². The van der Waals surface area contributed by atoms with Crippen molar-refractivity contribution in [3.8, 4) is 0 Å². The molecule has 6 heteroatoms. The molecule has 184 valence electrons. The van der Waals surface area contributed by atoms with Gasteiger partial charge in [-0.05, 0) is 60.9 Å². The van der Waals surface area contributed by atoms with Crippen LogP contribution in [-0.2, 0) is 10.2 Å². The fraction of sp³-hybridized carbons (Fsp3) is 0.414. The van der Waals surface area contributed by atoms with Gasteiger partial charge in [-0.25, -0.2) is 4.98 Å². The molecule has 1 N–H and O–H groups in total. The van der Waals surface area contributed by atoms with E-state index in [2.05, 4.69) is 49.3 Å². The molecule has 2 aliphatic rings. The minimum Gasteiger partial charge on any atom is -0.333 e. The second-order valence-electron chi connectivity index (χ2n) is 10.6. The van der Waals surface area contributed by atoms with Crippen molar-refractivity contribution in [2.45, 2.75) is 58.4 Å². The Kier molecular flexibility index (Phi) is 7.46. The molecule has 1 aliphatic heterocycles. The number of piperidine rings is 1. The monoisotopic (exact) mass is 491 g/mol. The lowest BCUT2D eigenvalue weighted by Gasteiger charge is -2.44. The van der Waals surface area contributed by atoms with Gasteiger partial charge in [-0.2, -0.15) is 0 Å². The van der Waals surface area contributed by atoms with E-state index in [9.17, 15) is 9.59 Å². The minimum absolute atomic E-state index is 0.0139. The molecule has 0 radical (unpaired) electrons. The quantitative estimate of drug-likeness (QED) is 0.543. The van der Waals surface area contributed by atoms with Gasteiger partial charge in [0.25, 0.3) is 5.91 Å². The average Bonchev–Trinajstić information content (AvgIpc) is 2.83. The van der Waals surface area contributed by atoms with Crippen molar-refractivity contribution in [3.63, 3.8) is 0 Å². The highest BCUT2D eigenvalue weighted by molar-refractivity contribution is 6.30. The van der Waals surface area contributed by atoms with Crippen LogP contribution in [-0.4, -0.2) is 34.3 Å². The summed E-state index contributed by atoms with van der Waals surface area (Å²) in [4.78, 5) is 33.6. The number of pyridine rings is 1. The van der Waals surface area contributed by atoms with Crippen molar-refractivity contribution in [1.82, 2.24) is 9.88 Å². The maximum atomic E-state index is 13.7. The van der Waals surface area contributed by atoms with Crippen molar-refractivity contribution in [2.24, 2.45) is 11.8 Å². The summed E-state index contributed by atoms with van der Waals surface area (Å²) in [7, 11) is 0. The zero-order chi connectivity index (χ0) is 25.2. The highest BCUT2D eigenvalue weighted by Gasteiger charge is 2.42. The summed E-state index contributed by atoms with van der Waals surface area (Å²) in [6.07, 6.45) is 12.1. The summed E-state index contributed by atoms with van der Waals surface area (Å²) in [6, 6.07) is 9.55. The molecule has 1 aliphatic carbocycles. The first-order chi connectivity index (χ1) is 16.6. The molecular weight excluding hydrogens is 458 g/mol. The Labute approximate surface area is 213 Å². The largest absolute Gasteiger partial charge is 0.333 e. The SMILES string of the molecule is Cc1cc(Cl)cnc1C(=O)N1CCC[C@H](C(=O)Nc2cccc(C(C)(C)C)c2)C1[C@@H]1C=CC=CC1. The van der Waals surface area contributed by atoms with Gasteiger partial charge in [0.1, 0.15) is 5.69 Å². The van der Waals surface area contributed by atoms with Crippen LogP contribution in [0, 0.1) is 18.8 Å². The minimum atomic E-state index is -0.320. The average molecular weight is 492 g/mol. The van der Waals surface area contributed by atoms with E-state index < -0.39 is 0 Å². The third-order valence-corrected chi connectivity index (χ3v) is 7.19. The van der Waals surface area contributed by atoms with Crippen LogP contribution in [0.4, 0.5) is 5.69 Å². The number of halogens is 1. The topological polar surface area (TPSA) is 62.3 Å². The highest BCUT2D eigenvalue weighted by atomic mass is 35.5. The number of anilines is 1. The van der Waals surface area contributed by atoms with Gasteiger partial charge in [-0.3, -0.25) is 9.59 Å². The van der Waals surface area contributed by atoms with Crippen LogP contribution in [0.2, 0.25) is 5.02 Å². The molecule has 3 atom stereocenters. The molecule has 0 spiro atoms. The number of benzene rings is 1. The molecule has 1 aromatic heterocycles. The van der Waals surface area contributed by atoms with Crippen molar-refractivity contribution in [3.05, 3.63) is 82.7 Å². The molecule has 35 heavy (non-hydrogen) atoms. The Hall–Kier alpha value is -2.92. The van der Waals surface area contributed by atoms with Crippen molar-refractivity contribution < 1.29 is 9.59 Å². The van der Waals surface area contributed by atoms with Crippen LogP contribution in [0.1, 0.15) is 61.6 Å². The zero-order valence-electron chi connectivity index (χ0n) is 20.9. The fourth-order valence-corrected chi connectivity index (χ4v) is 5.34. The number of aryl methyl sites for hydroxylation is 1. The molecule has 5 nitrogen and oxygen atoms in total. The van der Waals surface area contributed by atoms with Gasteiger partial charge >= 0.3 is 0 Å². The van der Waals surface area contributed by atoms with Gasteiger partial charge < -0.3 is 10.2 Å². The maximum absolute atomic E-state index is 13.7. The van der Waals surface area contributed by atoms with Crippen LogP contribution in [0.3, 0.4) is 0 Å². The van der Waals surface area contributed by atoms with E-state index >= 15 is 0 Å². The predicted octanol–water partition coefficient (Wildman–Crippen LogP) is 6.33. The third kappa shape index (κ3) is 5.67. The second-order valence-corrected chi connectivity index (χ2v) is 11.0. The van der Waals surface area contributed by atoms with Crippen LogP contribution in [0.5, 0.6) is 0 Å². The van der Waals surface area contributed by atoms with E-state index in [-0.39, 0.29) is 35.1 Å². The van der Waals surface area contributed by atoms with Crippen molar-refractivity contribution in [1.29, 1.82) is 0 Å². The van der Waals surface area contributed by atoms with Gasteiger partial charge in [0.2, 0.25) is 5.91 Å². The van der Waals surface area contributed by atoms with Gasteiger partial charge in [-0.15, -0.1) is 0 Å². The smallest absolute Gasteiger partial charge is 0.273 e. The summed E-state index contributed by atoms with van der Waals surface area (Å²) < 4.78 is 0. The van der Waals surface area contributed by atoms with Crippen molar-refractivity contribution in [2.75, 3.05) is 11.9 Å². The number of hydrogen-bond donors (Lipinski definition) is 1. The molecule has 0 saturated carbocycles. The van der Waals surface area contributed by atoms with E-state index in [0.29, 0.717) is 17.3 Å². The molecule has 1 unspecified atom stereocenters. The lowest BCUT2D eigenvalue weighted by molar-refractivity contribution is -0.123. The maximum Gasteiger partial charge on any atom is 0.273 e. The standard InChI is InChI=1S/C29H34ClN3O2/c1-19-16-22(30)18-31-25(19)28(35)33-15-9-14-24(26(33)20-10-6-5-7-11-20)27(34)32-23-13-8-12-21(17-23)29(2,3)4/h5-8,10,12-13,16-18,20,24,26H,9,11,14-15H2,1-4H3,(H,32,34)/t20-,24+,26?/m1/s1. The Morgan fingerprint density at radius 3 is 2.66 bits per heavy atom. The van der Waals surface area contributed by atoms with Gasteiger partial charge in [-0.1, -0.05) is 68.8 Å². The summed E-state index contributed by atoms with van der Waals surface area (Å²) in [5, 5.41) is 3.66. The van der Waals surface area contributed by atoms with E-state index in [4.69, 9.17) is 11.6 Å². The molecule has 0 bridgehead atoms. The number of rotatable bonds is 4. The van der Waals surface area contributed by atoms with Crippen LogP contribution < -0.4 is 5.32 Å². The number of carbonyl (C=O) groups excluding carboxylic acids is 2. The molecule has 2 heterocycles. The lowest BCUT2D eigenvalue weighted by Crippen LogP contribution is -2.55. The van der Waals surface area contributed by atoms with E-state index in [1.54, 1.807) is 6.07 Å².